The van der Waals surface area contributed by atoms with E-state index in [-0.39, 0.29) is 23.6 Å². The van der Waals surface area contributed by atoms with Gasteiger partial charge in [-0.15, -0.1) is 17.0 Å². The van der Waals surface area contributed by atoms with Crippen molar-refractivity contribution in [2.75, 3.05) is 33.3 Å². The molecule has 0 heterocycles. The zero-order valence-corrected chi connectivity index (χ0v) is 17.4. The van der Waals surface area contributed by atoms with Gasteiger partial charge in [0, 0.05) is 0 Å². The van der Waals surface area contributed by atoms with Crippen molar-refractivity contribution in [2.24, 2.45) is 0 Å². The quantitative estimate of drug-likeness (QED) is 0.522. The predicted molar refractivity (Wildman–Crippen MR) is 109 cm³/mol. The van der Waals surface area contributed by atoms with Gasteiger partial charge in [-0.3, -0.25) is 0 Å². The van der Waals surface area contributed by atoms with Crippen LogP contribution in [0.2, 0.25) is 0 Å². The third-order valence-corrected chi connectivity index (χ3v) is 5.07. The van der Waals surface area contributed by atoms with Crippen molar-refractivity contribution in [1.82, 2.24) is 0 Å². The molecule has 0 amide bonds. The summed E-state index contributed by atoms with van der Waals surface area (Å²) in [5.74, 6) is -0.636. The van der Waals surface area contributed by atoms with E-state index in [4.69, 9.17) is 4.74 Å². The second-order valence-corrected chi connectivity index (χ2v) is 6.55. The van der Waals surface area contributed by atoms with E-state index in [1.807, 2.05) is 12.1 Å². The normalized spacial score (nSPS) is 11.5. The van der Waals surface area contributed by atoms with Gasteiger partial charge in [-0.25, -0.2) is 4.79 Å². The van der Waals surface area contributed by atoms with E-state index < -0.39 is 11.6 Å². The third-order valence-electron chi connectivity index (χ3n) is 5.07. The number of carbonyl (C=O) groups is 1. The second kappa shape index (κ2) is 9.86. The van der Waals surface area contributed by atoms with Crippen LogP contribution in [0.5, 0.6) is 0 Å². The smallest absolute Gasteiger partial charge is 0.347 e. The van der Waals surface area contributed by atoms with Gasteiger partial charge < -0.3 is 14.3 Å². The molecule has 0 bridgehead atoms. The van der Waals surface area contributed by atoms with Gasteiger partial charge in [0.15, 0.2) is 0 Å². The Balaban J connectivity index is 0.00000338. The van der Waals surface area contributed by atoms with E-state index in [9.17, 15) is 9.90 Å². The Morgan fingerprint density at radius 2 is 1.38 bits per heavy atom. The molecular formula is C21H29BrNO3+. The number of hydrogen-bond acceptors (Lipinski definition) is 3. The van der Waals surface area contributed by atoms with E-state index in [0.717, 1.165) is 24.1 Å². The number of quaternary nitrogens is 1. The number of esters is 1. The van der Waals surface area contributed by atoms with Crippen LogP contribution in [-0.4, -0.2) is 48.8 Å². The number of halogens is 1. The first-order valence-corrected chi connectivity index (χ1v) is 8.80. The number of carbonyl (C=O) groups excluding carboxylic acids is 1. The van der Waals surface area contributed by atoms with E-state index in [1.54, 1.807) is 48.5 Å². The lowest BCUT2D eigenvalue weighted by Gasteiger charge is -2.32. The highest BCUT2D eigenvalue weighted by Crippen LogP contribution is 2.31. The molecule has 4 nitrogen and oxygen atoms in total. The minimum Gasteiger partial charge on any atom is -0.457 e. The molecule has 2 aromatic carbocycles. The summed E-state index contributed by atoms with van der Waals surface area (Å²) in [6.45, 7) is 7.17. The standard InChI is InChI=1S/C21H28NO3.BrH/c1-4-22(3,5-2)16-17-25-20(23)21(24,18-12-8-6-9-13-18)19-14-10-7-11-15-19;/h6-15,24H,4-5,16-17H2,1-3H3;1H/q+1;. The summed E-state index contributed by atoms with van der Waals surface area (Å²) >= 11 is 0. The first-order chi connectivity index (χ1) is 12.0. The van der Waals surface area contributed by atoms with Crippen molar-refractivity contribution in [3.63, 3.8) is 0 Å². The summed E-state index contributed by atoms with van der Waals surface area (Å²) < 4.78 is 6.33. The maximum absolute atomic E-state index is 12.8. The molecular weight excluding hydrogens is 394 g/mol. The van der Waals surface area contributed by atoms with Gasteiger partial charge in [0.25, 0.3) is 0 Å². The highest BCUT2D eigenvalue weighted by molar-refractivity contribution is 8.93. The Labute approximate surface area is 166 Å². The van der Waals surface area contributed by atoms with E-state index in [1.165, 1.54) is 0 Å². The topological polar surface area (TPSA) is 46.5 Å². The summed E-state index contributed by atoms with van der Waals surface area (Å²) in [4.78, 5) is 12.8. The van der Waals surface area contributed by atoms with Gasteiger partial charge >= 0.3 is 5.97 Å². The van der Waals surface area contributed by atoms with Gasteiger partial charge in [0.05, 0.1) is 20.1 Å². The van der Waals surface area contributed by atoms with Gasteiger partial charge in [-0.2, -0.15) is 0 Å². The molecule has 2 rings (SSSR count). The van der Waals surface area contributed by atoms with Crippen LogP contribution in [0.15, 0.2) is 60.7 Å². The largest absolute Gasteiger partial charge is 0.457 e. The fourth-order valence-electron chi connectivity index (χ4n) is 2.76. The lowest BCUT2D eigenvalue weighted by atomic mass is 9.86. The Bertz CT molecular complexity index is 633. The molecule has 0 aliphatic rings. The van der Waals surface area contributed by atoms with Crippen molar-refractivity contribution in [3.05, 3.63) is 71.8 Å². The summed E-state index contributed by atoms with van der Waals surface area (Å²) in [6, 6.07) is 17.9. The van der Waals surface area contributed by atoms with Crippen LogP contribution in [-0.2, 0) is 15.1 Å². The molecule has 0 saturated heterocycles. The summed E-state index contributed by atoms with van der Waals surface area (Å²) in [6.07, 6.45) is 0. The molecule has 142 valence electrons. The van der Waals surface area contributed by atoms with Crippen LogP contribution in [0.25, 0.3) is 0 Å². The van der Waals surface area contributed by atoms with E-state index in [2.05, 4.69) is 20.9 Å². The molecule has 0 aliphatic heterocycles. The van der Waals surface area contributed by atoms with Crippen molar-refractivity contribution in [1.29, 1.82) is 0 Å². The monoisotopic (exact) mass is 422 g/mol. The SMILES string of the molecule is Br.CC[N+](C)(CC)CCOC(=O)C(O)(c1ccccc1)c1ccccc1. The zero-order chi connectivity index (χ0) is 18.3. The molecule has 0 aromatic heterocycles. The molecule has 1 N–H and O–H groups in total. The highest BCUT2D eigenvalue weighted by atomic mass is 79.9. The van der Waals surface area contributed by atoms with E-state index in [0.29, 0.717) is 11.1 Å². The Morgan fingerprint density at radius 3 is 1.77 bits per heavy atom. The van der Waals surface area contributed by atoms with Gasteiger partial charge in [-0.1, -0.05) is 60.7 Å². The number of ether oxygens (including phenoxy) is 1. The van der Waals surface area contributed by atoms with Crippen LogP contribution in [0.4, 0.5) is 0 Å². The fraction of sp³-hybridized carbons (Fsp3) is 0.381. The summed E-state index contributed by atoms with van der Waals surface area (Å²) in [7, 11) is 2.13. The average molecular weight is 423 g/mol. The average Bonchev–Trinajstić information content (AvgIpc) is 2.68. The highest BCUT2D eigenvalue weighted by Gasteiger charge is 2.41. The van der Waals surface area contributed by atoms with Crippen molar-refractivity contribution in [3.8, 4) is 0 Å². The van der Waals surface area contributed by atoms with Crippen LogP contribution < -0.4 is 0 Å². The molecule has 2 aromatic rings. The minimum absolute atomic E-state index is 0. The molecule has 0 radical (unpaired) electrons. The molecule has 0 spiro atoms. The van der Waals surface area contributed by atoms with Crippen molar-refractivity contribution >= 4 is 23.0 Å². The molecule has 0 atom stereocenters. The molecule has 0 aliphatic carbocycles. The summed E-state index contributed by atoms with van der Waals surface area (Å²) in [5, 5.41) is 11.3. The predicted octanol–water partition coefficient (Wildman–Crippen LogP) is 3.53. The molecule has 0 unspecified atom stereocenters. The van der Waals surface area contributed by atoms with E-state index >= 15 is 0 Å². The number of hydrogen-bond donors (Lipinski definition) is 1. The molecule has 0 fully saturated rings. The van der Waals surface area contributed by atoms with Gasteiger partial charge in [0.1, 0.15) is 13.2 Å². The third kappa shape index (κ3) is 4.93. The van der Waals surface area contributed by atoms with Crippen LogP contribution in [0.3, 0.4) is 0 Å². The van der Waals surface area contributed by atoms with Crippen LogP contribution in [0, 0.1) is 0 Å². The van der Waals surface area contributed by atoms with Crippen molar-refractivity contribution in [2.45, 2.75) is 19.4 Å². The number of aliphatic hydroxyl groups is 1. The minimum atomic E-state index is -1.80. The number of likely N-dealkylation sites (N-methyl/N-ethyl adjacent to an activating group) is 1. The van der Waals surface area contributed by atoms with Crippen molar-refractivity contribution < 1.29 is 19.1 Å². The van der Waals surface area contributed by atoms with Crippen LogP contribution >= 0.6 is 17.0 Å². The number of benzene rings is 2. The Hall–Kier alpha value is -1.69. The molecule has 5 heteroatoms. The lowest BCUT2D eigenvalue weighted by molar-refractivity contribution is -0.906. The number of rotatable bonds is 8. The maximum atomic E-state index is 12.8. The lowest BCUT2D eigenvalue weighted by Crippen LogP contribution is -2.47. The molecule has 26 heavy (non-hydrogen) atoms. The first-order valence-electron chi connectivity index (χ1n) is 8.80. The number of nitrogens with zero attached hydrogens (tertiary/aromatic N) is 1. The molecule has 0 saturated carbocycles. The summed E-state index contributed by atoms with van der Waals surface area (Å²) in [5.41, 5.74) is -0.784. The second-order valence-electron chi connectivity index (χ2n) is 6.55. The van der Waals surface area contributed by atoms with Crippen LogP contribution in [0.1, 0.15) is 25.0 Å². The maximum Gasteiger partial charge on any atom is 0.347 e. The Kier molecular flexibility index (Phi) is 8.47. The first kappa shape index (κ1) is 22.4. The van der Waals surface area contributed by atoms with Gasteiger partial charge in [-0.05, 0) is 25.0 Å². The Morgan fingerprint density at radius 1 is 0.962 bits per heavy atom. The zero-order valence-electron chi connectivity index (χ0n) is 15.7. The van der Waals surface area contributed by atoms with Gasteiger partial charge in [0.2, 0.25) is 5.60 Å². The fourth-order valence-corrected chi connectivity index (χ4v) is 2.76.